The lowest BCUT2D eigenvalue weighted by atomic mass is 10.2. The quantitative estimate of drug-likeness (QED) is 0.589. The second kappa shape index (κ2) is 3.76. The maximum atomic E-state index is 10.1. The van der Waals surface area contributed by atoms with Crippen molar-refractivity contribution in [2.45, 2.75) is 6.54 Å². The van der Waals surface area contributed by atoms with Gasteiger partial charge in [-0.05, 0) is 5.56 Å². The molecule has 0 saturated heterocycles. The standard InChI is InChI=1S/C9H10NO/c1-10(8-11)7-9-5-3-2-4-6-9/h2-6H,7H2,1H3. The molecule has 1 amide bonds. The van der Waals surface area contributed by atoms with Crippen LogP contribution in [-0.4, -0.2) is 18.4 Å². The van der Waals surface area contributed by atoms with E-state index in [-0.39, 0.29) is 0 Å². The highest BCUT2D eigenvalue weighted by atomic mass is 16.1. The van der Waals surface area contributed by atoms with E-state index < -0.39 is 0 Å². The van der Waals surface area contributed by atoms with Crippen LogP contribution in [0.4, 0.5) is 0 Å². The molecular weight excluding hydrogens is 138 g/mol. The average Bonchev–Trinajstić information content (AvgIpc) is 2.06. The minimum Gasteiger partial charge on any atom is -0.333 e. The molecule has 0 unspecified atom stereocenters. The summed E-state index contributed by atoms with van der Waals surface area (Å²) in [5.74, 6) is 0. The summed E-state index contributed by atoms with van der Waals surface area (Å²) in [6, 6.07) is 9.82. The third kappa shape index (κ3) is 2.42. The van der Waals surface area contributed by atoms with Gasteiger partial charge in [-0.3, -0.25) is 4.79 Å². The van der Waals surface area contributed by atoms with Crippen LogP contribution in [0.3, 0.4) is 0 Å². The Balaban J connectivity index is 2.57. The second-order valence-corrected chi connectivity index (χ2v) is 2.43. The first kappa shape index (κ1) is 7.79. The van der Waals surface area contributed by atoms with Crippen molar-refractivity contribution in [1.82, 2.24) is 4.90 Å². The Labute approximate surface area is 66.4 Å². The number of hydrogen-bond acceptors (Lipinski definition) is 1. The fourth-order valence-electron chi connectivity index (χ4n) is 0.890. The highest BCUT2D eigenvalue weighted by molar-refractivity contribution is 5.47. The van der Waals surface area contributed by atoms with Crippen molar-refractivity contribution in [1.29, 1.82) is 0 Å². The van der Waals surface area contributed by atoms with Gasteiger partial charge in [0.05, 0.1) is 0 Å². The van der Waals surface area contributed by atoms with E-state index in [1.807, 2.05) is 30.3 Å². The molecule has 0 aliphatic rings. The molecule has 2 nitrogen and oxygen atoms in total. The van der Waals surface area contributed by atoms with Gasteiger partial charge in [0.1, 0.15) is 0 Å². The van der Waals surface area contributed by atoms with Crippen molar-refractivity contribution in [3.8, 4) is 0 Å². The zero-order chi connectivity index (χ0) is 8.10. The number of carbonyl (C=O) groups excluding carboxylic acids is 1. The van der Waals surface area contributed by atoms with Crippen LogP contribution in [0.2, 0.25) is 0 Å². The first-order chi connectivity index (χ1) is 5.33. The first-order valence-electron chi connectivity index (χ1n) is 3.46. The SMILES string of the molecule is CN([C]=O)Cc1ccccc1. The van der Waals surface area contributed by atoms with Crippen LogP contribution in [0.25, 0.3) is 0 Å². The highest BCUT2D eigenvalue weighted by Crippen LogP contribution is 2.00. The molecule has 1 aromatic carbocycles. The monoisotopic (exact) mass is 148 g/mol. The molecule has 1 radical (unpaired) electrons. The lowest BCUT2D eigenvalue weighted by Gasteiger charge is -2.07. The molecular formula is C9H10NO. The predicted octanol–water partition coefficient (Wildman–Crippen LogP) is 1.19. The number of amides is 1. The van der Waals surface area contributed by atoms with Crippen molar-refractivity contribution in [3.05, 3.63) is 35.9 Å². The molecule has 0 aromatic heterocycles. The minimum atomic E-state index is 0.629. The molecule has 0 bridgehead atoms. The Morgan fingerprint density at radius 3 is 2.55 bits per heavy atom. The Kier molecular flexibility index (Phi) is 2.66. The van der Waals surface area contributed by atoms with E-state index in [0.717, 1.165) is 5.56 Å². The summed E-state index contributed by atoms with van der Waals surface area (Å²) >= 11 is 0. The van der Waals surface area contributed by atoms with Gasteiger partial charge in [-0.25, -0.2) is 0 Å². The van der Waals surface area contributed by atoms with E-state index in [1.54, 1.807) is 13.5 Å². The Morgan fingerprint density at radius 1 is 1.36 bits per heavy atom. The fourth-order valence-corrected chi connectivity index (χ4v) is 0.890. The van der Waals surface area contributed by atoms with Gasteiger partial charge in [0.15, 0.2) is 0 Å². The normalized spacial score (nSPS) is 9.18. The number of rotatable bonds is 3. The molecule has 0 N–H and O–H groups in total. The molecule has 11 heavy (non-hydrogen) atoms. The first-order valence-corrected chi connectivity index (χ1v) is 3.46. The molecule has 0 spiro atoms. The number of nitrogens with zero attached hydrogens (tertiary/aromatic N) is 1. The van der Waals surface area contributed by atoms with Crippen LogP contribution < -0.4 is 0 Å². The van der Waals surface area contributed by atoms with E-state index in [1.165, 1.54) is 4.90 Å². The van der Waals surface area contributed by atoms with Gasteiger partial charge in [-0.1, -0.05) is 30.3 Å². The Bertz CT molecular complexity index is 220. The van der Waals surface area contributed by atoms with Crippen LogP contribution in [0, 0.1) is 0 Å². The molecule has 0 aliphatic carbocycles. The summed E-state index contributed by atoms with van der Waals surface area (Å²) in [6.07, 6.45) is 1.80. The summed E-state index contributed by atoms with van der Waals surface area (Å²) in [5.41, 5.74) is 1.12. The van der Waals surface area contributed by atoms with E-state index in [9.17, 15) is 4.79 Å². The van der Waals surface area contributed by atoms with E-state index >= 15 is 0 Å². The fraction of sp³-hybridized carbons (Fsp3) is 0.222. The van der Waals surface area contributed by atoms with Crippen molar-refractivity contribution in [2.24, 2.45) is 0 Å². The van der Waals surface area contributed by atoms with E-state index in [2.05, 4.69) is 0 Å². The van der Waals surface area contributed by atoms with Crippen LogP contribution in [0.15, 0.2) is 30.3 Å². The minimum absolute atomic E-state index is 0.629. The maximum Gasteiger partial charge on any atom is 0.312 e. The predicted molar refractivity (Wildman–Crippen MR) is 43.6 cm³/mol. The summed E-state index contributed by atoms with van der Waals surface area (Å²) in [5, 5.41) is 0. The van der Waals surface area contributed by atoms with Gasteiger partial charge in [-0.15, -0.1) is 0 Å². The van der Waals surface area contributed by atoms with Crippen molar-refractivity contribution in [3.63, 3.8) is 0 Å². The molecule has 57 valence electrons. The summed E-state index contributed by atoms with van der Waals surface area (Å²) in [7, 11) is 1.71. The third-order valence-electron chi connectivity index (χ3n) is 1.42. The molecule has 0 atom stereocenters. The lowest BCUT2D eigenvalue weighted by molar-refractivity contribution is 0.430. The van der Waals surface area contributed by atoms with E-state index in [0.29, 0.717) is 6.54 Å². The maximum absolute atomic E-state index is 10.1. The summed E-state index contributed by atoms with van der Waals surface area (Å²) < 4.78 is 0. The zero-order valence-corrected chi connectivity index (χ0v) is 6.45. The van der Waals surface area contributed by atoms with E-state index in [4.69, 9.17) is 0 Å². The van der Waals surface area contributed by atoms with Crippen LogP contribution >= 0.6 is 0 Å². The number of hydrogen-bond donors (Lipinski definition) is 0. The topological polar surface area (TPSA) is 20.3 Å². The molecule has 0 aliphatic heterocycles. The smallest absolute Gasteiger partial charge is 0.312 e. The van der Waals surface area contributed by atoms with Gasteiger partial charge in [-0.2, -0.15) is 0 Å². The second-order valence-electron chi connectivity index (χ2n) is 2.43. The van der Waals surface area contributed by atoms with Crippen molar-refractivity contribution in [2.75, 3.05) is 7.05 Å². The van der Waals surface area contributed by atoms with Crippen LogP contribution in [0.5, 0.6) is 0 Å². The Morgan fingerprint density at radius 2 is 2.00 bits per heavy atom. The summed E-state index contributed by atoms with van der Waals surface area (Å²) in [4.78, 5) is 11.6. The number of benzene rings is 1. The highest BCUT2D eigenvalue weighted by Gasteiger charge is 1.94. The molecule has 2 heteroatoms. The van der Waals surface area contributed by atoms with Gasteiger partial charge in [0.2, 0.25) is 0 Å². The Hall–Kier alpha value is -1.31. The molecule has 1 aromatic rings. The van der Waals surface area contributed by atoms with Crippen LogP contribution in [0.1, 0.15) is 5.56 Å². The average molecular weight is 148 g/mol. The van der Waals surface area contributed by atoms with Gasteiger partial charge in [0, 0.05) is 13.6 Å². The summed E-state index contributed by atoms with van der Waals surface area (Å²) in [6.45, 7) is 0.629. The van der Waals surface area contributed by atoms with Crippen LogP contribution in [-0.2, 0) is 11.3 Å². The molecule has 0 fully saturated rings. The van der Waals surface area contributed by atoms with Gasteiger partial charge < -0.3 is 4.90 Å². The molecule has 1 rings (SSSR count). The molecule has 0 heterocycles. The van der Waals surface area contributed by atoms with Gasteiger partial charge >= 0.3 is 6.41 Å². The molecule has 0 saturated carbocycles. The van der Waals surface area contributed by atoms with Crippen molar-refractivity contribution < 1.29 is 4.79 Å². The van der Waals surface area contributed by atoms with Crippen molar-refractivity contribution >= 4 is 6.41 Å². The van der Waals surface area contributed by atoms with Gasteiger partial charge in [0.25, 0.3) is 0 Å². The lowest BCUT2D eigenvalue weighted by Crippen LogP contribution is -2.14. The third-order valence-corrected chi connectivity index (χ3v) is 1.42. The largest absolute Gasteiger partial charge is 0.333 e. The zero-order valence-electron chi connectivity index (χ0n) is 6.45.